The van der Waals surface area contributed by atoms with Crippen LogP contribution in [0.2, 0.25) is 0 Å². The van der Waals surface area contributed by atoms with E-state index in [4.69, 9.17) is 0 Å². The van der Waals surface area contributed by atoms with Gasteiger partial charge in [0.05, 0.1) is 10.7 Å². The van der Waals surface area contributed by atoms with E-state index in [0.29, 0.717) is 18.3 Å². The molecule has 0 saturated heterocycles. The number of carbonyl (C=O) groups is 1. The van der Waals surface area contributed by atoms with E-state index < -0.39 is 0 Å². The number of urea groups is 1. The standard InChI is InChI=1S/C16H23N5OS/c1-10-8-14(19-21(10)4)18-16(22)20(3)9-12-6-5-7-13-15(12)17-11(2)23-13/h8,12H,5-7,9H2,1-4H3,(H,18,19,22). The summed E-state index contributed by atoms with van der Waals surface area (Å²) in [7, 11) is 3.70. The van der Waals surface area contributed by atoms with Gasteiger partial charge in [0.15, 0.2) is 5.82 Å². The van der Waals surface area contributed by atoms with Crippen molar-refractivity contribution in [2.24, 2.45) is 7.05 Å². The van der Waals surface area contributed by atoms with Gasteiger partial charge in [0.1, 0.15) is 0 Å². The first-order chi connectivity index (χ1) is 10.9. The Bertz CT molecular complexity index is 701. The number of nitrogens with zero attached hydrogens (tertiary/aromatic N) is 4. The highest BCUT2D eigenvalue weighted by Gasteiger charge is 2.26. The number of aryl methyl sites for hydroxylation is 4. The van der Waals surface area contributed by atoms with Crippen molar-refractivity contribution in [1.82, 2.24) is 19.7 Å². The van der Waals surface area contributed by atoms with Crippen LogP contribution in [0.4, 0.5) is 10.6 Å². The van der Waals surface area contributed by atoms with Crippen molar-refractivity contribution in [1.29, 1.82) is 0 Å². The molecular weight excluding hydrogens is 310 g/mol. The molecule has 2 aromatic rings. The van der Waals surface area contributed by atoms with Gasteiger partial charge in [0.2, 0.25) is 0 Å². The molecule has 0 fully saturated rings. The highest BCUT2D eigenvalue weighted by molar-refractivity contribution is 7.11. The molecule has 1 aliphatic carbocycles. The lowest BCUT2D eigenvalue weighted by atomic mass is 9.91. The predicted octanol–water partition coefficient (Wildman–Crippen LogP) is 3.08. The van der Waals surface area contributed by atoms with Crippen molar-refractivity contribution >= 4 is 23.2 Å². The highest BCUT2D eigenvalue weighted by Crippen LogP contribution is 2.34. The van der Waals surface area contributed by atoms with Crippen LogP contribution >= 0.6 is 11.3 Å². The summed E-state index contributed by atoms with van der Waals surface area (Å²) in [6.07, 6.45) is 3.39. The Morgan fingerprint density at radius 3 is 3.00 bits per heavy atom. The first kappa shape index (κ1) is 16.0. The van der Waals surface area contributed by atoms with Gasteiger partial charge in [0.25, 0.3) is 0 Å². The Kier molecular flexibility index (Phi) is 4.39. The maximum absolute atomic E-state index is 12.4. The number of carbonyl (C=O) groups excluding carboxylic acids is 1. The molecule has 0 radical (unpaired) electrons. The van der Waals surface area contributed by atoms with Crippen LogP contribution in [0.1, 0.15) is 40.0 Å². The predicted molar refractivity (Wildman–Crippen MR) is 92.1 cm³/mol. The molecule has 3 rings (SSSR count). The quantitative estimate of drug-likeness (QED) is 0.939. The van der Waals surface area contributed by atoms with Crippen LogP contribution in [0, 0.1) is 13.8 Å². The Morgan fingerprint density at radius 1 is 1.52 bits per heavy atom. The van der Waals surface area contributed by atoms with E-state index in [-0.39, 0.29) is 6.03 Å². The van der Waals surface area contributed by atoms with Gasteiger partial charge in [-0.1, -0.05) is 0 Å². The van der Waals surface area contributed by atoms with Crippen LogP contribution < -0.4 is 5.32 Å². The minimum Gasteiger partial charge on any atom is -0.327 e. The molecule has 2 aromatic heterocycles. The van der Waals surface area contributed by atoms with Gasteiger partial charge in [-0.25, -0.2) is 9.78 Å². The van der Waals surface area contributed by atoms with Crippen molar-refractivity contribution in [3.05, 3.63) is 27.3 Å². The van der Waals surface area contributed by atoms with E-state index in [1.54, 1.807) is 20.9 Å². The van der Waals surface area contributed by atoms with Crippen LogP contribution in [0.25, 0.3) is 0 Å². The summed E-state index contributed by atoms with van der Waals surface area (Å²) in [5, 5.41) is 8.25. The van der Waals surface area contributed by atoms with Gasteiger partial charge < -0.3 is 4.90 Å². The molecule has 124 valence electrons. The molecule has 7 heteroatoms. The van der Waals surface area contributed by atoms with Crippen LogP contribution in [-0.4, -0.2) is 39.3 Å². The van der Waals surface area contributed by atoms with Crippen LogP contribution in [0.5, 0.6) is 0 Å². The van der Waals surface area contributed by atoms with Crippen molar-refractivity contribution < 1.29 is 4.79 Å². The second-order valence-electron chi connectivity index (χ2n) is 6.24. The smallest absolute Gasteiger partial charge is 0.322 e. The summed E-state index contributed by atoms with van der Waals surface area (Å²) in [6, 6.07) is 1.75. The summed E-state index contributed by atoms with van der Waals surface area (Å²) in [5.74, 6) is 0.931. The maximum Gasteiger partial charge on any atom is 0.322 e. The molecule has 0 aromatic carbocycles. The molecule has 0 bridgehead atoms. The zero-order chi connectivity index (χ0) is 16.6. The number of fused-ring (bicyclic) bond motifs is 1. The number of nitrogens with one attached hydrogen (secondary N) is 1. The summed E-state index contributed by atoms with van der Waals surface area (Å²) in [5.41, 5.74) is 2.21. The van der Waals surface area contributed by atoms with Gasteiger partial charge in [-0.3, -0.25) is 10.00 Å². The second-order valence-corrected chi connectivity index (χ2v) is 7.52. The van der Waals surface area contributed by atoms with E-state index >= 15 is 0 Å². The van der Waals surface area contributed by atoms with Crippen LogP contribution in [0.3, 0.4) is 0 Å². The topological polar surface area (TPSA) is 63.1 Å². The molecule has 1 atom stereocenters. The second kappa shape index (κ2) is 6.31. The molecule has 2 amide bonds. The number of likely N-dealkylation sites (N-methyl/N-ethyl adjacent to an activating group) is 1. The van der Waals surface area contributed by atoms with Gasteiger partial charge >= 0.3 is 6.03 Å². The zero-order valence-corrected chi connectivity index (χ0v) is 14.9. The van der Waals surface area contributed by atoms with Gasteiger partial charge in [-0.05, 0) is 33.1 Å². The van der Waals surface area contributed by atoms with E-state index in [1.165, 1.54) is 17.0 Å². The van der Waals surface area contributed by atoms with Crippen LogP contribution in [-0.2, 0) is 13.5 Å². The molecule has 2 heterocycles. The first-order valence-electron chi connectivity index (χ1n) is 7.93. The largest absolute Gasteiger partial charge is 0.327 e. The molecule has 0 aliphatic heterocycles. The number of rotatable bonds is 3. The lowest BCUT2D eigenvalue weighted by Gasteiger charge is -2.26. The maximum atomic E-state index is 12.4. The third kappa shape index (κ3) is 3.39. The Hall–Kier alpha value is -1.89. The summed E-state index contributed by atoms with van der Waals surface area (Å²) < 4.78 is 1.75. The normalized spacial score (nSPS) is 17.0. The number of hydrogen-bond acceptors (Lipinski definition) is 4. The first-order valence-corrected chi connectivity index (χ1v) is 8.74. The Labute approximate surface area is 140 Å². The number of aromatic nitrogens is 3. The van der Waals surface area contributed by atoms with Crippen LogP contribution in [0.15, 0.2) is 6.07 Å². The molecular formula is C16H23N5OS. The third-order valence-corrected chi connectivity index (χ3v) is 5.41. The molecule has 0 spiro atoms. The van der Waals surface area contributed by atoms with E-state index in [1.807, 2.05) is 27.1 Å². The monoisotopic (exact) mass is 333 g/mol. The minimum atomic E-state index is -0.123. The summed E-state index contributed by atoms with van der Waals surface area (Å²) >= 11 is 1.79. The Morgan fingerprint density at radius 2 is 2.30 bits per heavy atom. The SMILES string of the molecule is Cc1nc2c(s1)CCCC2CN(C)C(=O)Nc1cc(C)n(C)n1. The van der Waals surface area contributed by atoms with Gasteiger partial charge in [-0.2, -0.15) is 5.10 Å². The molecule has 0 saturated carbocycles. The lowest BCUT2D eigenvalue weighted by Crippen LogP contribution is -2.35. The van der Waals surface area contributed by atoms with E-state index in [0.717, 1.165) is 23.5 Å². The molecule has 1 unspecified atom stereocenters. The fourth-order valence-corrected chi connectivity index (χ4v) is 4.11. The van der Waals surface area contributed by atoms with Crippen molar-refractivity contribution in [2.75, 3.05) is 18.9 Å². The number of thiazole rings is 1. The molecule has 23 heavy (non-hydrogen) atoms. The third-order valence-electron chi connectivity index (χ3n) is 4.37. The van der Waals surface area contributed by atoms with Gasteiger partial charge in [0, 0.05) is 43.2 Å². The van der Waals surface area contributed by atoms with E-state index in [9.17, 15) is 4.79 Å². The molecule has 1 aliphatic rings. The fourth-order valence-electron chi connectivity index (χ4n) is 3.05. The average Bonchev–Trinajstić information content (AvgIpc) is 3.01. The Balaban J connectivity index is 1.65. The summed E-state index contributed by atoms with van der Waals surface area (Å²) in [4.78, 5) is 20.2. The van der Waals surface area contributed by atoms with Crippen molar-refractivity contribution in [3.8, 4) is 0 Å². The minimum absolute atomic E-state index is 0.123. The number of anilines is 1. The van der Waals surface area contributed by atoms with E-state index in [2.05, 4.69) is 22.3 Å². The number of amides is 2. The zero-order valence-electron chi connectivity index (χ0n) is 14.1. The fraction of sp³-hybridized carbons (Fsp3) is 0.562. The van der Waals surface area contributed by atoms with Gasteiger partial charge in [-0.15, -0.1) is 11.3 Å². The summed E-state index contributed by atoms with van der Waals surface area (Å²) in [6.45, 7) is 4.70. The van der Waals surface area contributed by atoms with Crippen molar-refractivity contribution in [3.63, 3.8) is 0 Å². The number of hydrogen-bond donors (Lipinski definition) is 1. The van der Waals surface area contributed by atoms with Crippen molar-refractivity contribution in [2.45, 2.75) is 39.0 Å². The molecule has 1 N–H and O–H groups in total. The average molecular weight is 333 g/mol. The lowest BCUT2D eigenvalue weighted by molar-refractivity contribution is 0.217. The highest BCUT2D eigenvalue weighted by atomic mass is 32.1. The molecule has 6 nitrogen and oxygen atoms in total.